The molecule has 1 aromatic carbocycles. The highest BCUT2D eigenvalue weighted by Gasteiger charge is 2.37. The van der Waals surface area contributed by atoms with Crippen molar-refractivity contribution in [3.05, 3.63) is 44.0 Å². The maximum Gasteiger partial charge on any atom is 0.408 e. The number of alkyl carbamates (subject to hydrolysis) is 1. The van der Waals surface area contributed by atoms with Crippen molar-refractivity contribution in [1.82, 2.24) is 5.32 Å². The molecule has 0 radical (unpaired) electrons. The lowest BCUT2D eigenvalue weighted by Gasteiger charge is -2.25. The van der Waals surface area contributed by atoms with Crippen LogP contribution in [0.1, 0.15) is 26.3 Å². The summed E-state index contributed by atoms with van der Waals surface area (Å²) < 4.78 is 9.90. The Morgan fingerprint density at radius 1 is 1.03 bits per heavy atom. The predicted octanol–water partition coefficient (Wildman–Crippen LogP) is 1.45. The van der Waals surface area contributed by atoms with Gasteiger partial charge in [0.25, 0.3) is 11.4 Å². The van der Waals surface area contributed by atoms with Gasteiger partial charge >= 0.3 is 18.0 Å². The molecular formula is C16H19N3O11. The molecule has 1 rings (SSSR count). The first-order chi connectivity index (χ1) is 13.7. The molecule has 0 spiro atoms. The molecule has 0 aromatic heterocycles. The Kier molecular flexibility index (Phi) is 7.75. The van der Waals surface area contributed by atoms with Crippen LogP contribution in [0, 0.1) is 20.2 Å². The van der Waals surface area contributed by atoms with E-state index in [1.807, 2.05) is 5.32 Å². The molecule has 0 aliphatic carbocycles. The Morgan fingerprint density at radius 3 is 1.90 bits per heavy atom. The Hall–Kier alpha value is -3.81. The predicted molar refractivity (Wildman–Crippen MR) is 96.8 cm³/mol. The summed E-state index contributed by atoms with van der Waals surface area (Å²) in [6, 6.07) is 0.430. The minimum absolute atomic E-state index is 0.149. The highest BCUT2D eigenvalue weighted by atomic mass is 16.6. The zero-order valence-corrected chi connectivity index (χ0v) is 16.1. The molecule has 0 unspecified atom stereocenters. The van der Waals surface area contributed by atoms with Crippen molar-refractivity contribution < 1.29 is 43.9 Å². The van der Waals surface area contributed by atoms with Crippen LogP contribution in [0.25, 0.3) is 0 Å². The third-order valence-electron chi connectivity index (χ3n) is 3.30. The summed E-state index contributed by atoms with van der Waals surface area (Å²) in [7, 11) is 0. The standard InChI is InChI=1S/C16H19N3O11/c1-16(2,3)30-15(24)17-11(13(20)21)12(14(22)23)29-7-8-4-9(18(25)26)6-10(5-8)19(27)28/h4-6,11-12H,7H2,1-3H3,(H,17,24)(H,20,21)(H,22,23)/t11-,12-/m0/s1. The van der Waals surface area contributed by atoms with Gasteiger partial charge in [0.2, 0.25) is 0 Å². The van der Waals surface area contributed by atoms with E-state index in [0.29, 0.717) is 6.07 Å². The van der Waals surface area contributed by atoms with E-state index < -0.39 is 63.6 Å². The van der Waals surface area contributed by atoms with Crippen molar-refractivity contribution in [1.29, 1.82) is 0 Å². The van der Waals surface area contributed by atoms with Crippen molar-refractivity contribution in [3.8, 4) is 0 Å². The van der Waals surface area contributed by atoms with Crippen LogP contribution in [0.4, 0.5) is 16.2 Å². The molecule has 0 saturated heterocycles. The van der Waals surface area contributed by atoms with Gasteiger partial charge in [-0.05, 0) is 26.3 Å². The molecule has 0 saturated carbocycles. The number of carbonyl (C=O) groups is 3. The number of ether oxygens (including phenoxy) is 2. The molecule has 14 nitrogen and oxygen atoms in total. The van der Waals surface area contributed by atoms with Gasteiger partial charge in [-0.1, -0.05) is 0 Å². The van der Waals surface area contributed by atoms with Crippen LogP contribution in [0.5, 0.6) is 0 Å². The van der Waals surface area contributed by atoms with E-state index in [9.17, 15) is 44.8 Å². The third-order valence-corrected chi connectivity index (χ3v) is 3.30. The summed E-state index contributed by atoms with van der Waals surface area (Å²) >= 11 is 0. The maximum absolute atomic E-state index is 11.8. The molecule has 0 heterocycles. The van der Waals surface area contributed by atoms with E-state index in [1.165, 1.54) is 20.8 Å². The van der Waals surface area contributed by atoms with Crippen molar-refractivity contribution in [2.24, 2.45) is 0 Å². The number of non-ortho nitro benzene ring substituents is 2. The number of nitro groups is 2. The SMILES string of the molecule is CC(C)(C)OC(=O)N[C@H](C(=O)O)[C@H](OCc1cc([N+](=O)[O-])cc([N+](=O)[O-])c1)C(=O)O. The zero-order valence-electron chi connectivity index (χ0n) is 16.1. The highest BCUT2D eigenvalue weighted by Crippen LogP contribution is 2.23. The van der Waals surface area contributed by atoms with Crippen LogP contribution < -0.4 is 5.32 Å². The summed E-state index contributed by atoms with van der Waals surface area (Å²) in [5.41, 5.74) is -2.43. The second kappa shape index (κ2) is 9.60. The van der Waals surface area contributed by atoms with Crippen molar-refractivity contribution in [3.63, 3.8) is 0 Å². The molecule has 3 N–H and O–H groups in total. The molecule has 2 atom stereocenters. The topological polar surface area (TPSA) is 208 Å². The Labute approximate surface area is 168 Å². The number of nitrogens with one attached hydrogen (secondary N) is 1. The largest absolute Gasteiger partial charge is 0.480 e. The molecule has 0 fully saturated rings. The lowest BCUT2D eigenvalue weighted by Crippen LogP contribution is -2.53. The molecule has 0 aliphatic heterocycles. The Balaban J connectivity index is 3.09. The second-order valence-corrected chi connectivity index (χ2v) is 6.90. The van der Waals surface area contributed by atoms with Crippen LogP contribution in [-0.2, 0) is 25.7 Å². The number of nitro benzene ring substituents is 2. The zero-order chi connectivity index (χ0) is 23.2. The first kappa shape index (κ1) is 24.2. The fraction of sp³-hybridized carbons (Fsp3) is 0.438. The summed E-state index contributed by atoms with van der Waals surface area (Å²) in [6.07, 6.45) is -3.34. The van der Waals surface area contributed by atoms with Gasteiger partial charge in [-0.2, -0.15) is 0 Å². The summed E-state index contributed by atoms with van der Waals surface area (Å²) in [6.45, 7) is 3.79. The molecule has 14 heteroatoms. The van der Waals surface area contributed by atoms with Gasteiger partial charge in [0.1, 0.15) is 5.60 Å². The Morgan fingerprint density at radius 2 is 1.53 bits per heavy atom. The van der Waals surface area contributed by atoms with Crippen LogP contribution in [0.2, 0.25) is 0 Å². The van der Waals surface area contributed by atoms with E-state index >= 15 is 0 Å². The van der Waals surface area contributed by atoms with Gasteiger partial charge in [0.15, 0.2) is 12.1 Å². The lowest BCUT2D eigenvalue weighted by atomic mass is 10.1. The number of carboxylic acids is 2. The summed E-state index contributed by atoms with van der Waals surface area (Å²) in [4.78, 5) is 54.8. The first-order valence-corrected chi connectivity index (χ1v) is 8.20. The molecule has 30 heavy (non-hydrogen) atoms. The normalized spacial score (nSPS) is 13.0. The van der Waals surface area contributed by atoms with Crippen molar-refractivity contribution >= 4 is 29.4 Å². The fourth-order valence-corrected chi connectivity index (χ4v) is 2.15. The average Bonchev–Trinajstić information content (AvgIpc) is 2.58. The van der Waals surface area contributed by atoms with E-state index in [0.717, 1.165) is 12.1 Å². The van der Waals surface area contributed by atoms with Gasteiger partial charge in [-0.15, -0.1) is 0 Å². The van der Waals surface area contributed by atoms with Gasteiger partial charge in [-0.3, -0.25) is 20.2 Å². The highest BCUT2D eigenvalue weighted by molar-refractivity contribution is 5.87. The minimum Gasteiger partial charge on any atom is -0.480 e. The van der Waals surface area contributed by atoms with E-state index in [4.69, 9.17) is 9.47 Å². The average molecular weight is 429 g/mol. The van der Waals surface area contributed by atoms with Gasteiger partial charge < -0.3 is 25.0 Å². The number of aliphatic carboxylic acids is 2. The number of carbonyl (C=O) groups excluding carboxylic acids is 1. The third kappa shape index (κ3) is 7.31. The molecule has 1 amide bonds. The number of hydrogen-bond acceptors (Lipinski definition) is 9. The maximum atomic E-state index is 11.8. The smallest absolute Gasteiger partial charge is 0.408 e. The van der Waals surface area contributed by atoms with Crippen molar-refractivity contribution in [2.45, 2.75) is 45.1 Å². The number of nitrogens with zero attached hydrogens (tertiary/aromatic N) is 2. The van der Waals surface area contributed by atoms with E-state index in [-0.39, 0.29) is 5.56 Å². The van der Waals surface area contributed by atoms with Gasteiger partial charge in [0, 0.05) is 12.1 Å². The van der Waals surface area contributed by atoms with Gasteiger partial charge in [0.05, 0.1) is 22.5 Å². The van der Waals surface area contributed by atoms with Gasteiger partial charge in [-0.25, -0.2) is 14.4 Å². The molecule has 0 bridgehead atoms. The molecule has 1 aromatic rings. The Bertz CT molecular complexity index is 830. The monoisotopic (exact) mass is 429 g/mol. The van der Waals surface area contributed by atoms with Crippen molar-refractivity contribution in [2.75, 3.05) is 0 Å². The van der Waals surface area contributed by atoms with Crippen LogP contribution >= 0.6 is 0 Å². The summed E-state index contributed by atoms with van der Waals surface area (Å²) in [5, 5.41) is 42.3. The quantitative estimate of drug-likeness (QED) is 0.378. The first-order valence-electron chi connectivity index (χ1n) is 8.20. The molecular weight excluding hydrogens is 410 g/mol. The van der Waals surface area contributed by atoms with Crippen LogP contribution in [0.15, 0.2) is 18.2 Å². The summed E-state index contributed by atoms with van der Waals surface area (Å²) in [5.74, 6) is -3.52. The van der Waals surface area contributed by atoms with E-state index in [2.05, 4.69) is 0 Å². The fourth-order valence-electron chi connectivity index (χ4n) is 2.15. The molecule has 164 valence electrons. The number of hydrogen-bond donors (Lipinski definition) is 3. The molecule has 0 aliphatic rings. The number of amides is 1. The number of rotatable bonds is 9. The van der Waals surface area contributed by atoms with Crippen LogP contribution in [-0.4, -0.2) is 55.8 Å². The number of carboxylic acid groups (broad SMARTS) is 2. The minimum atomic E-state index is -2.13. The van der Waals surface area contributed by atoms with E-state index in [1.54, 1.807) is 0 Å². The number of benzene rings is 1. The second-order valence-electron chi connectivity index (χ2n) is 6.90. The lowest BCUT2D eigenvalue weighted by molar-refractivity contribution is -0.394. The van der Waals surface area contributed by atoms with Crippen LogP contribution in [0.3, 0.4) is 0 Å².